The first-order chi connectivity index (χ1) is 8.50. The molecule has 0 spiro atoms. The van der Waals surface area contributed by atoms with E-state index in [2.05, 4.69) is 40.2 Å². The van der Waals surface area contributed by atoms with Crippen molar-refractivity contribution in [3.05, 3.63) is 28.2 Å². The van der Waals surface area contributed by atoms with Gasteiger partial charge < -0.3 is 15.3 Å². The topological polar surface area (TPSA) is 52.6 Å². The summed E-state index contributed by atoms with van der Waals surface area (Å²) < 4.78 is 0.605. The van der Waals surface area contributed by atoms with Gasteiger partial charge in [-0.1, -0.05) is 0 Å². The minimum Gasteiger partial charge on any atom is -0.478 e. The molecular weight excluding hydrogens is 296 g/mol. The fraction of sp³-hybridized carbons (Fsp3) is 0.462. The molecule has 2 N–H and O–H groups in total. The summed E-state index contributed by atoms with van der Waals surface area (Å²) in [5.41, 5.74) is 1.23. The van der Waals surface area contributed by atoms with E-state index < -0.39 is 5.97 Å². The summed E-state index contributed by atoms with van der Waals surface area (Å²) in [6.45, 7) is 1.98. The Kier molecular flexibility index (Phi) is 6.15. The molecule has 0 radical (unpaired) electrons. The molecule has 1 aromatic rings. The number of benzene rings is 1. The Morgan fingerprint density at radius 3 is 2.67 bits per heavy atom. The highest BCUT2D eigenvalue weighted by Crippen LogP contribution is 2.21. The van der Waals surface area contributed by atoms with Gasteiger partial charge in [0.25, 0.3) is 0 Å². The van der Waals surface area contributed by atoms with Crippen LogP contribution in [0.4, 0.5) is 5.69 Å². The molecule has 5 heteroatoms. The number of hydrogen-bond acceptors (Lipinski definition) is 3. The minimum atomic E-state index is -0.917. The minimum absolute atomic E-state index is 0.285. The Morgan fingerprint density at radius 1 is 1.39 bits per heavy atom. The first-order valence-electron chi connectivity index (χ1n) is 5.92. The molecule has 0 saturated heterocycles. The van der Waals surface area contributed by atoms with Crippen molar-refractivity contribution in [3.8, 4) is 0 Å². The fourth-order valence-electron chi connectivity index (χ4n) is 1.58. The number of rotatable bonds is 7. The van der Waals surface area contributed by atoms with Crippen LogP contribution in [0.25, 0.3) is 0 Å². The Morgan fingerprint density at radius 2 is 2.11 bits per heavy atom. The van der Waals surface area contributed by atoms with Crippen molar-refractivity contribution < 1.29 is 9.90 Å². The highest BCUT2D eigenvalue weighted by molar-refractivity contribution is 9.10. The maximum absolute atomic E-state index is 10.8. The Bertz CT molecular complexity index is 408. The van der Waals surface area contributed by atoms with Gasteiger partial charge in [-0.3, -0.25) is 0 Å². The summed E-state index contributed by atoms with van der Waals surface area (Å²) in [5, 5.41) is 12.2. The van der Waals surface area contributed by atoms with Gasteiger partial charge in [0.15, 0.2) is 0 Å². The van der Waals surface area contributed by atoms with E-state index in [1.54, 1.807) is 18.2 Å². The lowest BCUT2D eigenvalue weighted by Crippen LogP contribution is -2.14. The molecule has 1 rings (SSSR count). The highest BCUT2D eigenvalue weighted by atomic mass is 79.9. The van der Waals surface area contributed by atoms with Crippen molar-refractivity contribution in [1.29, 1.82) is 0 Å². The summed E-state index contributed by atoms with van der Waals surface area (Å²) in [7, 11) is 4.13. The maximum Gasteiger partial charge on any atom is 0.336 e. The Labute approximate surface area is 116 Å². The molecule has 0 bridgehead atoms. The number of unbranched alkanes of at least 4 members (excludes halogenated alkanes) is 1. The summed E-state index contributed by atoms with van der Waals surface area (Å²) in [5.74, 6) is -0.917. The lowest BCUT2D eigenvalue weighted by atomic mass is 10.2. The van der Waals surface area contributed by atoms with E-state index in [0.717, 1.165) is 31.6 Å². The largest absolute Gasteiger partial charge is 0.478 e. The molecule has 4 nitrogen and oxygen atoms in total. The van der Waals surface area contributed by atoms with Crippen molar-refractivity contribution in [2.24, 2.45) is 0 Å². The molecule has 0 amide bonds. The zero-order valence-corrected chi connectivity index (χ0v) is 12.3. The molecule has 0 aliphatic heterocycles. The van der Waals surface area contributed by atoms with Crippen molar-refractivity contribution in [1.82, 2.24) is 4.90 Å². The van der Waals surface area contributed by atoms with E-state index in [4.69, 9.17) is 5.11 Å². The normalized spacial score (nSPS) is 10.7. The molecular formula is C13H19BrN2O2. The average molecular weight is 315 g/mol. The molecule has 0 heterocycles. The summed E-state index contributed by atoms with van der Waals surface area (Å²) in [4.78, 5) is 13.0. The number of halogens is 1. The molecule has 100 valence electrons. The Hall–Kier alpha value is -1.07. The lowest BCUT2D eigenvalue weighted by molar-refractivity contribution is 0.0696. The molecule has 18 heavy (non-hydrogen) atoms. The van der Waals surface area contributed by atoms with Gasteiger partial charge in [-0.25, -0.2) is 4.79 Å². The quantitative estimate of drug-likeness (QED) is 0.760. The number of carbonyl (C=O) groups is 1. The molecule has 0 aliphatic carbocycles. The zero-order chi connectivity index (χ0) is 13.5. The van der Waals surface area contributed by atoms with E-state index in [9.17, 15) is 4.79 Å². The van der Waals surface area contributed by atoms with Gasteiger partial charge in [0.05, 0.1) is 5.56 Å². The van der Waals surface area contributed by atoms with Gasteiger partial charge in [-0.15, -0.1) is 0 Å². The van der Waals surface area contributed by atoms with Crippen molar-refractivity contribution in [3.63, 3.8) is 0 Å². The average Bonchev–Trinajstić information content (AvgIpc) is 2.27. The molecule has 0 aromatic heterocycles. The van der Waals surface area contributed by atoms with Crippen LogP contribution in [-0.2, 0) is 0 Å². The van der Waals surface area contributed by atoms with E-state index in [1.165, 1.54) is 0 Å². The van der Waals surface area contributed by atoms with Crippen molar-refractivity contribution >= 4 is 27.6 Å². The van der Waals surface area contributed by atoms with E-state index in [1.807, 2.05) is 0 Å². The molecule has 0 atom stereocenters. The number of hydrogen-bond donors (Lipinski definition) is 2. The third-order valence-corrected chi connectivity index (χ3v) is 3.22. The van der Waals surface area contributed by atoms with Gasteiger partial charge in [-0.05, 0) is 67.6 Å². The standard InChI is InChI=1S/C13H19BrN2O2/c1-16(2)8-4-3-7-15-10-5-6-11(13(17)18)12(14)9-10/h5-6,9,15H,3-4,7-8H2,1-2H3,(H,17,18). The first kappa shape index (κ1) is 15.0. The second-order valence-corrected chi connectivity index (χ2v) is 5.29. The van der Waals surface area contributed by atoms with Crippen LogP contribution >= 0.6 is 15.9 Å². The molecule has 0 fully saturated rings. The second kappa shape index (κ2) is 7.38. The molecule has 1 aromatic carbocycles. The number of carboxylic acids is 1. The van der Waals surface area contributed by atoms with Gasteiger partial charge in [0.2, 0.25) is 0 Å². The monoisotopic (exact) mass is 314 g/mol. The number of nitrogens with one attached hydrogen (secondary N) is 1. The van der Waals surface area contributed by atoms with E-state index >= 15 is 0 Å². The van der Waals surface area contributed by atoms with Crippen LogP contribution in [0.15, 0.2) is 22.7 Å². The third kappa shape index (κ3) is 5.06. The van der Waals surface area contributed by atoms with Crippen molar-refractivity contribution in [2.45, 2.75) is 12.8 Å². The van der Waals surface area contributed by atoms with Gasteiger partial charge in [0, 0.05) is 16.7 Å². The predicted octanol–water partition coefficient (Wildman–Crippen LogP) is 2.90. The van der Waals surface area contributed by atoms with Gasteiger partial charge >= 0.3 is 5.97 Å². The van der Waals surface area contributed by atoms with Crippen molar-refractivity contribution in [2.75, 3.05) is 32.5 Å². The SMILES string of the molecule is CN(C)CCCCNc1ccc(C(=O)O)c(Br)c1. The van der Waals surface area contributed by atoms with Gasteiger partial charge in [0.1, 0.15) is 0 Å². The van der Waals surface area contributed by atoms with Gasteiger partial charge in [-0.2, -0.15) is 0 Å². The zero-order valence-electron chi connectivity index (χ0n) is 10.7. The lowest BCUT2D eigenvalue weighted by Gasteiger charge is -2.10. The summed E-state index contributed by atoms with van der Waals surface area (Å²) >= 11 is 3.26. The smallest absolute Gasteiger partial charge is 0.336 e. The number of nitrogens with zero attached hydrogens (tertiary/aromatic N) is 1. The number of carboxylic acid groups (broad SMARTS) is 1. The van der Waals surface area contributed by atoms with Crippen LogP contribution < -0.4 is 5.32 Å². The third-order valence-electron chi connectivity index (χ3n) is 2.56. The van der Waals surface area contributed by atoms with E-state index in [-0.39, 0.29) is 5.56 Å². The van der Waals surface area contributed by atoms with Crippen LogP contribution in [0, 0.1) is 0 Å². The summed E-state index contributed by atoms with van der Waals surface area (Å²) in [6, 6.07) is 5.20. The predicted molar refractivity (Wildman–Crippen MR) is 77.4 cm³/mol. The van der Waals surface area contributed by atoms with Crippen LogP contribution in [0.3, 0.4) is 0 Å². The van der Waals surface area contributed by atoms with E-state index in [0.29, 0.717) is 4.47 Å². The second-order valence-electron chi connectivity index (χ2n) is 4.44. The molecule has 0 unspecified atom stereocenters. The fourth-order valence-corrected chi connectivity index (χ4v) is 2.13. The first-order valence-corrected chi connectivity index (χ1v) is 6.71. The molecule has 0 saturated carbocycles. The van der Waals surface area contributed by atoms with Crippen LogP contribution in [0.2, 0.25) is 0 Å². The highest BCUT2D eigenvalue weighted by Gasteiger charge is 2.07. The molecule has 0 aliphatic rings. The van der Waals surface area contributed by atoms with Crippen LogP contribution in [0.1, 0.15) is 23.2 Å². The Balaban J connectivity index is 2.39. The number of aromatic carboxylic acids is 1. The van der Waals surface area contributed by atoms with Crippen LogP contribution in [-0.4, -0.2) is 43.2 Å². The summed E-state index contributed by atoms with van der Waals surface area (Å²) in [6.07, 6.45) is 2.24. The van der Waals surface area contributed by atoms with Crippen LogP contribution in [0.5, 0.6) is 0 Å². The maximum atomic E-state index is 10.8. The number of anilines is 1.